The maximum absolute atomic E-state index is 14.6. The van der Waals surface area contributed by atoms with Crippen LogP contribution >= 0.6 is 0 Å². The summed E-state index contributed by atoms with van der Waals surface area (Å²) in [6.07, 6.45) is 4.11. The molecule has 3 aromatic rings. The monoisotopic (exact) mass is 683 g/mol. The average molecular weight is 684 g/mol. The first-order chi connectivity index (χ1) is 23.1. The van der Waals surface area contributed by atoms with Crippen LogP contribution in [0.25, 0.3) is 0 Å². The van der Waals surface area contributed by atoms with E-state index in [1.54, 1.807) is 37.4 Å². The number of anilines is 1. The van der Waals surface area contributed by atoms with Crippen LogP contribution in [0.2, 0.25) is 0 Å². The number of sulfonamides is 1. The van der Waals surface area contributed by atoms with Gasteiger partial charge in [0.25, 0.3) is 10.0 Å². The van der Waals surface area contributed by atoms with Gasteiger partial charge in [-0.25, -0.2) is 8.42 Å². The Bertz CT molecular complexity index is 1680. The summed E-state index contributed by atoms with van der Waals surface area (Å²) in [6.45, 7) is 1.21. The van der Waals surface area contributed by atoms with Crippen molar-refractivity contribution in [3.8, 4) is 28.7 Å². The van der Waals surface area contributed by atoms with Gasteiger partial charge in [-0.1, -0.05) is 31.9 Å². The SMILES string of the molecule is CC[C@H](C(=O)NC1CCCC1)N(Cc1cccc(OC)c1)C(=O)CN(c1cc(OC)ccc1OC)S(=O)(=O)c1ccc(OC)c(OC)c1. The first-order valence-corrected chi connectivity index (χ1v) is 17.2. The fourth-order valence-corrected chi connectivity index (χ4v) is 7.30. The van der Waals surface area contributed by atoms with E-state index in [1.165, 1.54) is 57.6 Å². The van der Waals surface area contributed by atoms with E-state index in [-0.39, 0.29) is 40.6 Å². The van der Waals surface area contributed by atoms with Crippen LogP contribution in [0.4, 0.5) is 5.69 Å². The van der Waals surface area contributed by atoms with Crippen LogP contribution in [0.1, 0.15) is 44.6 Å². The zero-order chi connectivity index (χ0) is 34.8. The van der Waals surface area contributed by atoms with Crippen molar-refractivity contribution in [2.75, 3.05) is 46.4 Å². The van der Waals surface area contributed by atoms with E-state index in [0.29, 0.717) is 29.2 Å². The summed E-state index contributed by atoms with van der Waals surface area (Å²) >= 11 is 0. The Morgan fingerprint density at radius 1 is 0.812 bits per heavy atom. The molecule has 0 unspecified atom stereocenters. The summed E-state index contributed by atoms with van der Waals surface area (Å²) in [5, 5.41) is 3.12. The van der Waals surface area contributed by atoms with Crippen LogP contribution in [-0.4, -0.2) is 79.3 Å². The lowest BCUT2D eigenvalue weighted by atomic mass is 10.1. The number of hydrogen-bond acceptors (Lipinski definition) is 9. The number of amides is 2. The lowest BCUT2D eigenvalue weighted by molar-refractivity contribution is -0.140. The Balaban J connectivity index is 1.82. The number of nitrogens with zero attached hydrogens (tertiary/aromatic N) is 2. The molecule has 260 valence electrons. The molecule has 0 heterocycles. The van der Waals surface area contributed by atoms with Gasteiger partial charge in [-0.2, -0.15) is 0 Å². The number of rotatable bonds is 16. The summed E-state index contributed by atoms with van der Waals surface area (Å²) < 4.78 is 57.1. The largest absolute Gasteiger partial charge is 0.497 e. The first-order valence-electron chi connectivity index (χ1n) is 15.8. The van der Waals surface area contributed by atoms with Gasteiger partial charge in [0.05, 0.1) is 46.1 Å². The standard InChI is InChI=1S/C35H45N3O9S/c1-7-29(35(40)36-25-12-8-9-13-25)37(22-24-11-10-14-26(19-24)43-2)34(39)23-38(30-20-27(44-3)15-17-31(30)45-4)48(41,42)28-16-18-32(46-5)33(21-28)47-6/h10-11,14-21,25,29H,7-9,12-13,22-23H2,1-6H3,(H,36,40)/t29-/m1/s1. The minimum absolute atomic E-state index is 0.0308. The Hall–Kier alpha value is -4.65. The topological polar surface area (TPSA) is 133 Å². The van der Waals surface area contributed by atoms with Crippen molar-refractivity contribution in [1.29, 1.82) is 0 Å². The van der Waals surface area contributed by atoms with Gasteiger partial charge in [0.15, 0.2) is 11.5 Å². The molecule has 0 aromatic heterocycles. The van der Waals surface area contributed by atoms with Gasteiger partial charge in [-0.15, -0.1) is 0 Å². The van der Waals surface area contributed by atoms with Crippen LogP contribution in [0.3, 0.4) is 0 Å². The smallest absolute Gasteiger partial charge is 0.265 e. The first kappa shape index (κ1) is 36.2. The number of ether oxygens (including phenoxy) is 5. The fourth-order valence-electron chi connectivity index (χ4n) is 5.86. The summed E-state index contributed by atoms with van der Waals surface area (Å²) in [6, 6.07) is 15.2. The third-order valence-corrected chi connectivity index (χ3v) is 10.2. The second-order valence-corrected chi connectivity index (χ2v) is 13.2. The Kier molecular flexibility index (Phi) is 12.4. The maximum atomic E-state index is 14.6. The summed E-state index contributed by atoms with van der Waals surface area (Å²) in [4.78, 5) is 29.6. The molecule has 3 aromatic carbocycles. The van der Waals surface area contributed by atoms with Crippen LogP contribution in [0, 0.1) is 0 Å². The van der Waals surface area contributed by atoms with Crippen molar-refractivity contribution in [3.63, 3.8) is 0 Å². The summed E-state index contributed by atoms with van der Waals surface area (Å²) in [5.74, 6) is 0.772. The number of benzene rings is 3. The number of carbonyl (C=O) groups excluding carboxylic acids is 2. The minimum Gasteiger partial charge on any atom is -0.497 e. The molecule has 1 saturated carbocycles. The van der Waals surface area contributed by atoms with Crippen molar-refractivity contribution >= 4 is 27.5 Å². The van der Waals surface area contributed by atoms with Crippen LogP contribution < -0.4 is 33.3 Å². The molecular weight excluding hydrogens is 638 g/mol. The summed E-state index contributed by atoms with van der Waals surface area (Å²) in [5.41, 5.74) is 0.785. The van der Waals surface area contributed by atoms with E-state index in [4.69, 9.17) is 23.7 Å². The molecule has 4 rings (SSSR count). The van der Waals surface area contributed by atoms with E-state index in [0.717, 1.165) is 30.0 Å². The Labute approximate surface area is 282 Å². The second kappa shape index (κ2) is 16.4. The van der Waals surface area contributed by atoms with Crippen molar-refractivity contribution in [1.82, 2.24) is 10.2 Å². The number of methoxy groups -OCH3 is 5. The molecule has 2 amide bonds. The molecule has 0 spiro atoms. The van der Waals surface area contributed by atoms with Crippen molar-refractivity contribution in [2.45, 2.75) is 62.6 Å². The van der Waals surface area contributed by atoms with Crippen molar-refractivity contribution < 1.29 is 41.7 Å². The van der Waals surface area contributed by atoms with E-state index < -0.39 is 28.5 Å². The Morgan fingerprint density at radius 2 is 1.46 bits per heavy atom. The van der Waals surface area contributed by atoms with Gasteiger partial charge in [-0.05, 0) is 61.2 Å². The third-order valence-electron chi connectivity index (χ3n) is 8.45. The lowest BCUT2D eigenvalue weighted by Crippen LogP contribution is -2.53. The zero-order valence-electron chi connectivity index (χ0n) is 28.4. The van der Waals surface area contributed by atoms with E-state index in [1.807, 2.05) is 13.0 Å². The third kappa shape index (κ3) is 8.25. The minimum atomic E-state index is -4.46. The quantitative estimate of drug-likeness (QED) is 0.226. The predicted molar refractivity (Wildman–Crippen MR) is 182 cm³/mol. The van der Waals surface area contributed by atoms with Gasteiger partial charge in [-0.3, -0.25) is 13.9 Å². The van der Waals surface area contributed by atoms with Crippen LogP contribution in [-0.2, 0) is 26.2 Å². The molecule has 0 radical (unpaired) electrons. The second-order valence-electron chi connectivity index (χ2n) is 11.4. The highest BCUT2D eigenvalue weighted by atomic mass is 32.2. The zero-order valence-corrected chi connectivity index (χ0v) is 29.2. The fraction of sp³-hybridized carbons (Fsp3) is 0.429. The lowest BCUT2D eigenvalue weighted by Gasteiger charge is -2.34. The van der Waals surface area contributed by atoms with Gasteiger partial charge in [0.1, 0.15) is 29.8 Å². The molecule has 1 atom stereocenters. The molecule has 1 N–H and O–H groups in total. The predicted octanol–water partition coefficient (Wildman–Crippen LogP) is 4.79. The number of nitrogens with one attached hydrogen (secondary N) is 1. The molecule has 1 aliphatic carbocycles. The highest BCUT2D eigenvalue weighted by Crippen LogP contribution is 2.38. The molecule has 1 fully saturated rings. The molecule has 1 aliphatic rings. The molecule has 0 bridgehead atoms. The molecule has 48 heavy (non-hydrogen) atoms. The van der Waals surface area contributed by atoms with E-state index in [2.05, 4.69) is 5.32 Å². The molecule has 12 nitrogen and oxygen atoms in total. The molecule has 0 aliphatic heterocycles. The van der Waals surface area contributed by atoms with E-state index >= 15 is 0 Å². The van der Waals surface area contributed by atoms with Crippen molar-refractivity contribution in [3.05, 3.63) is 66.2 Å². The Morgan fingerprint density at radius 3 is 2.08 bits per heavy atom. The van der Waals surface area contributed by atoms with Crippen LogP contribution in [0.5, 0.6) is 28.7 Å². The van der Waals surface area contributed by atoms with Gasteiger partial charge in [0, 0.05) is 24.7 Å². The van der Waals surface area contributed by atoms with Gasteiger partial charge < -0.3 is 33.9 Å². The molecule has 13 heteroatoms. The van der Waals surface area contributed by atoms with Crippen LogP contribution in [0.15, 0.2) is 65.6 Å². The van der Waals surface area contributed by atoms with Gasteiger partial charge >= 0.3 is 0 Å². The number of carbonyl (C=O) groups is 2. The number of hydrogen-bond donors (Lipinski definition) is 1. The van der Waals surface area contributed by atoms with E-state index in [9.17, 15) is 18.0 Å². The highest BCUT2D eigenvalue weighted by molar-refractivity contribution is 7.92. The molecular formula is C35H45N3O9S. The van der Waals surface area contributed by atoms with Crippen molar-refractivity contribution in [2.24, 2.45) is 0 Å². The highest BCUT2D eigenvalue weighted by Gasteiger charge is 2.36. The summed E-state index contributed by atoms with van der Waals surface area (Å²) in [7, 11) is 2.79. The van der Waals surface area contributed by atoms with Gasteiger partial charge in [0.2, 0.25) is 11.8 Å². The normalized spacial score (nSPS) is 13.7. The average Bonchev–Trinajstić information content (AvgIpc) is 3.62. The molecule has 0 saturated heterocycles. The maximum Gasteiger partial charge on any atom is 0.265 e.